The minimum absolute atomic E-state index is 0.0282. The molecule has 1 aliphatic carbocycles. The van der Waals surface area contributed by atoms with Gasteiger partial charge in [0, 0.05) is 24.3 Å². The Balaban J connectivity index is 1.59. The molecule has 1 N–H and O–H groups in total. The van der Waals surface area contributed by atoms with Gasteiger partial charge >= 0.3 is 0 Å². The van der Waals surface area contributed by atoms with Crippen molar-refractivity contribution in [3.63, 3.8) is 0 Å². The zero-order valence-electron chi connectivity index (χ0n) is 18.1. The Morgan fingerprint density at radius 3 is 2.32 bits per heavy atom. The van der Waals surface area contributed by atoms with Crippen molar-refractivity contribution in [2.24, 2.45) is 5.92 Å². The Kier molecular flexibility index (Phi) is 5.75. The number of rotatable bonds is 4. The first-order valence-corrected chi connectivity index (χ1v) is 11.2. The van der Waals surface area contributed by atoms with E-state index in [-0.39, 0.29) is 29.2 Å². The number of ketones is 1. The Labute approximate surface area is 185 Å². The third-order valence-electron chi connectivity index (χ3n) is 6.03. The summed E-state index contributed by atoms with van der Waals surface area (Å²) < 4.78 is 13.2. The molecule has 1 aliphatic rings. The van der Waals surface area contributed by atoms with Crippen LogP contribution >= 0.6 is 11.3 Å². The van der Waals surface area contributed by atoms with Crippen LogP contribution in [0.1, 0.15) is 52.9 Å². The van der Waals surface area contributed by atoms with E-state index in [1.54, 1.807) is 12.1 Å². The van der Waals surface area contributed by atoms with E-state index in [0.717, 1.165) is 37.8 Å². The van der Waals surface area contributed by atoms with Crippen molar-refractivity contribution >= 4 is 22.7 Å². The van der Waals surface area contributed by atoms with Crippen LogP contribution in [0, 0.1) is 32.5 Å². The fourth-order valence-electron chi connectivity index (χ4n) is 4.46. The topological polar surface area (TPSA) is 63.1 Å². The molecular formula is C25H25FN2O2S. The third kappa shape index (κ3) is 4.17. The monoisotopic (exact) mass is 436 g/mol. The molecule has 3 aromatic rings. The van der Waals surface area contributed by atoms with Crippen LogP contribution in [0.15, 0.2) is 42.2 Å². The summed E-state index contributed by atoms with van der Waals surface area (Å²) in [6, 6.07) is 10.3. The Morgan fingerprint density at radius 1 is 1.06 bits per heavy atom. The molecule has 1 heterocycles. The summed E-state index contributed by atoms with van der Waals surface area (Å²) in [6.07, 6.45) is 0.791. The smallest absolute Gasteiger partial charge is 0.167 e. The molecule has 0 fully saturated rings. The SMILES string of the molecule is Cc1cc(C)c(C2=C(O)CC(C(C)c3nnc(-c4ccc(F)cc4)s3)CC2=O)c(C)c1. The van der Waals surface area contributed by atoms with Gasteiger partial charge in [0.15, 0.2) is 5.78 Å². The zero-order chi connectivity index (χ0) is 22.3. The summed E-state index contributed by atoms with van der Waals surface area (Å²) in [4.78, 5) is 13.1. The molecule has 4 rings (SSSR count). The minimum atomic E-state index is -0.292. The maximum absolute atomic E-state index is 13.2. The van der Waals surface area contributed by atoms with Crippen LogP contribution in [0.3, 0.4) is 0 Å². The number of nitrogens with zero attached hydrogens (tertiary/aromatic N) is 2. The number of allylic oxidation sites excluding steroid dienone is 2. The molecule has 2 aromatic carbocycles. The van der Waals surface area contributed by atoms with Crippen LogP contribution in [-0.4, -0.2) is 21.1 Å². The first-order valence-electron chi connectivity index (χ1n) is 10.4. The molecule has 0 saturated heterocycles. The van der Waals surface area contributed by atoms with E-state index < -0.39 is 0 Å². The zero-order valence-corrected chi connectivity index (χ0v) is 18.9. The van der Waals surface area contributed by atoms with Gasteiger partial charge in [0.1, 0.15) is 21.6 Å². The van der Waals surface area contributed by atoms with Gasteiger partial charge in [-0.05, 0) is 67.6 Å². The van der Waals surface area contributed by atoms with Crippen molar-refractivity contribution in [1.29, 1.82) is 0 Å². The molecule has 2 atom stereocenters. The van der Waals surface area contributed by atoms with Gasteiger partial charge in [-0.3, -0.25) is 4.79 Å². The van der Waals surface area contributed by atoms with Gasteiger partial charge in [-0.2, -0.15) is 0 Å². The normalized spacial score (nSPS) is 17.8. The van der Waals surface area contributed by atoms with E-state index >= 15 is 0 Å². The van der Waals surface area contributed by atoms with Crippen molar-refractivity contribution in [2.75, 3.05) is 0 Å². The molecule has 0 bridgehead atoms. The molecule has 31 heavy (non-hydrogen) atoms. The Morgan fingerprint density at radius 2 is 1.71 bits per heavy atom. The first-order chi connectivity index (χ1) is 14.7. The van der Waals surface area contributed by atoms with Crippen LogP contribution in [-0.2, 0) is 4.79 Å². The van der Waals surface area contributed by atoms with Crippen LogP contribution in [0.2, 0.25) is 0 Å². The van der Waals surface area contributed by atoms with Crippen molar-refractivity contribution < 1.29 is 14.3 Å². The fraction of sp³-hybridized carbons (Fsp3) is 0.320. The van der Waals surface area contributed by atoms with Gasteiger partial charge in [-0.15, -0.1) is 10.2 Å². The van der Waals surface area contributed by atoms with Gasteiger partial charge in [-0.25, -0.2) is 4.39 Å². The number of carbonyl (C=O) groups is 1. The predicted molar refractivity (Wildman–Crippen MR) is 122 cm³/mol. The number of aromatic nitrogens is 2. The number of aliphatic hydroxyl groups excluding tert-OH is 1. The minimum Gasteiger partial charge on any atom is -0.512 e. The number of hydrogen-bond donors (Lipinski definition) is 1. The first kappa shape index (κ1) is 21.4. The van der Waals surface area contributed by atoms with E-state index in [1.807, 2.05) is 39.8 Å². The molecular weight excluding hydrogens is 411 g/mol. The number of benzene rings is 2. The molecule has 2 unspecified atom stereocenters. The van der Waals surface area contributed by atoms with Crippen molar-refractivity contribution in [3.8, 4) is 10.6 Å². The number of aryl methyl sites for hydroxylation is 3. The molecule has 0 radical (unpaired) electrons. The molecule has 6 heteroatoms. The highest BCUT2D eigenvalue weighted by molar-refractivity contribution is 7.14. The summed E-state index contributed by atoms with van der Waals surface area (Å²) in [6.45, 7) is 8.01. The van der Waals surface area contributed by atoms with E-state index in [1.165, 1.54) is 23.5 Å². The number of carbonyl (C=O) groups excluding carboxylic acids is 1. The van der Waals surface area contributed by atoms with Crippen LogP contribution in [0.4, 0.5) is 4.39 Å². The van der Waals surface area contributed by atoms with E-state index in [2.05, 4.69) is 10.2 Å². The lowest BCUT2D eigenvalue weighted by atomic mass is 9.77. The highest BCUT2D eigenvalue weighted by Crippen LogP contribution is 2.42. The lowest BCUT2D eigenvalue weighted by Gasteiger charge is -2.28. The lowest BCUT2D eigenvalue weighted by Crippen LogP contribution is -2.23. The predicted octanol–water partition coefficient (Wildman–Crippen LogP) is 6.32. The summed E-state index contributed by atoms with van der Waals surface area (Å²) in [7, 11) is 0. The second kappa shape index (κ2) is 8.35. The number of Topliss-reactive ketones (excluding diaryl/α,β-unsaturated/α-hetero) is 1. The maximum Gasteiger partial charge on any atom is 0.167 e. The standard InChI is InChI=1S/C25H25FN2O2S/c1-13-9-14(2)22(15(3)10-13)23-20(29)11-18(12-21(23)30)16(4)24-27-28-25(31-24)17-5-7-19(26)8-6-17/h5-10,16,18,29H,11-12H2,1-4H3. The van der Waals surface area contributed by atoms with Crippen molar-refractivity contribution in [1.82, 2.24) is 10.2 Å². The lowest BCUT2D eigenvalue weighted by molar-refractivity contribution is -0.115. The van der Waals surface area contributed by atoms with Gasteiger partial charge in [0.05, 0.1) is 5.57 Å². The van der Waals surface area contributed by atoms with Crippen LogP contribution in [0.5, 0.6) is 0 Å². The molecule has 0 saturated carbocycles. The van der Waals surface area contributed by atoms with Gasteiger partial charge in [0.2, 0.25) is 0 Å². The molecule has 0 aliphatic heterocycles. The summed E-state index contributed by atoms with van der Waals surface area (Å²) in [5.41, 5.74) is 5.28. The van der Waals surface area contributed by atoms with Crippen LogP contribution < -0.4 is 0 Å². The van der Waals surface area contributed by atoms with Gasteiger partial charge in [0.25, 0.3) is 0 Å². The summed E-state index contributed by atoms with van der Waals surface area (Å²) in [5, 5.41) is 21.0. The van der Waals surface area contributed by atoms with Crippen molar-refractivity contribution in [2.45, 2.75) is 46.5 Å². The molecule has 0 spiro atoms. The molecule has 4 nitrogen and oxygen atoms in total. The second-order valence-corrected chi connectivity index (χ2v) is 9.44. The molecule has 160 valence electrons. The summed E-state index contributed by atoms with van der Waals surface area (Å²) in [5.74, 6) is -0.235. The highest BCUT2D eigenvalue weighted by atomic mass is 32.1. The molecule has 1 aromatic heterocycles. The second-order valence-electron chi connectivity index (χ2n) is 8.43. The average molecular weight is 437 g/mol. The number of aliphatic hydroxyl groups is 1. The highest BCUT2D eigenvalue weighted by Gasteiger charge is 2.34. The van der Waals surface area contributed by atoms with E-state index in [9.17, 15) is 14.3 Å². The van der Waals surface area contributed by atoms with Crippen LogP contribution in [0.25, 0.3) is 16.1 Å². The average Bonchev–Trinajstić information content (AvgIpc) is 3.19. The number of halogens is 1. The van der Waals surface area contributed by atoms with Gasteiger partial charge in [-0.1, -0.05) is 36.0 Å². The van der Waals surface area contributed by atoms with Crippen molar-refractivity contribution in [3.05, 3.63) is 75.2 Å². The third-order valence-corrected chi connectivity index (χ3v) is 7.20. The van der Waals surface area contributed by atoms with Gasteiger partial charge < -0.3 is 5.11 Å². The quantitative estimate of drug-likeness (QED) is 0.520. The molecule has 0 amide bonds. The fourth-order valence-corrected chi connectivity index (χ4v) is 5.46. The number of hydrogen-bond acceptors (Lipinski definition) is 5. The summed E-state index contributed by atoms with van der Waals surface area (Å²) >= 11 is 1.45. The largest absolute Gasteiger partial charge is 0.512 e. The Bertz CT molecular complexity index is 1160. The van der Waals surface area contributed by atoms with E-state index in [4.69, 9.17) is 0 Å². The maximum atomic E-state index is 13.2. The van der Waals surface area contributed by atoms with E-state index in [0.29, 0.717) is 18.4 Å². The Hall–Kier alpha value is -2.86.